The van der Waals surface area contributed by atoms with Crippen molar-refractivity contribution in [3.63, 3.8) is 0 Å². The molecular weight excluding hydrogens is 386 g/mol. The van der Waals surface area contributed by atoms with Gasteiger partial charge >= 0.3 is 17.9 Å². The number of hydrogen-bond donors (Lipinski definition) is 0. The van der Waals surface area contributed by atoms with Gasteiger partial charge in [-0.25, -0.2) is 0 Å². The Balaban J connectivity index is 2.26. The predicted octanol–water partition coefficient (Wildman–Crippen LogP) is 2.27. The van der Waals surface area contributed by atoms with Gasteiger partial charge in [0.05, 0.1) is 0 Å². The van der Waals surface area contributed by atoms with Crippen LogP contribution in [-0.4, -0.2) is 66.3 Å². The Hall–Kier alpha value is -1.61. The summed E-state index contributed by atoms with van der Waals surface area (Å²) in [7, 11) is 0. The van der Waals surface area contributed by atoms with E-state index >= 15 is 0 Å². The summed E-state index contributed by atoms with van der Waals surface area (Å²) in [6.45, 7) is 7.39. The molecule has 8 nitrogen and oxygen atoms in total. The van der Waals surface area contributed by atoms with E-state index in [2.05, 4.69) is 11.7 Å². The van der Waals surface area contributed by atoms with Crippen molar-refractivity contribution in [1.82, 2.24) is 0 Å². The van der Waals surface area contributed by atoms with Gasteiger partial charge in [0, 0.05) is 26.0 Å². The summed E-state index contributed by atoms with van der Waals surface area (Å²) in [4.78, 5) is 38.7. The topological polar surface area (TPSA) is 100 Å². The summed E-state index contributed by atoms with van der Waals surface area (Å²) in [6, 6.07) is -0.719. The van der Waals surface area contributed by atoms with Crippen LogP contribution in [0.15, 0.2) is 4.99 Å². The first-order chi connectivity index (χ1) is 13.3. The van der Waals surface area contributed by atoms with Crippen LogP contribution in [0.5, 0.6) is 0 Å². The number of nitrogens with zero attached hydrogens (tertiary/aromatic N) is 1. The first-order valence-electron chi connectivity index (χ1n) is 9.56. The number of rotatable bonds is 7. The second kappa shape index (κ2) is 10.8. The van der Waals surface area contributed by atoms with Crippen LogP contribution in [0.1, 0.15) is 52.9 Å². The Morgan fingerprint density at radius 2 is 1.61 bits per heavy atom. The largest absolute Gasteiger partial charge is 0.463 e. The molecule has 0 aromatic carbocycles. The second-order valence-electron chi connectivity index (χ2n) is 7.06. The minimum absolute atomic E-state index is 0.0895. The van der Waals surface area contributed by atoms with E-state index in [0.29, 0.717) is 5.25 Å². The first-order valence-corrected chi connectivity index (χ1v) is 10.5. The van der Waals surface area contributed by atoms with Crippen LogP contribution < -0.4 is 0 Å². The lowest BCUT2D eigenvalue weighted by molar-refractivity contribution is -0.200. The second-order valence-corrected chi connectivity index (χ2v) is 8.47. The van der Waals surface area contributed by atoms with Crippen LogP contribution in [0.25, 0.3) is 0 Å². The maximum Gasteiger partial charge on any atom is 0.303 e. The van der Waals surface area contributed by atoms with Crippen molar-refractivity contribution in [3.8, 4) is 0 Å². The molecule has 1 saturated heterocycles. The summed E-state index contributed by atoms with van der Waals surface area (Å²) in [6.07, 6.45) is 3.29. The molecule has 0 bridgehead atoms. The Labute approximate surface area is 169 Å². The van der Waals surface area contributed by atoms with Gasteiger partial charge in [0.15, 0.2) is 12.2 Å². The zero-order chi connectivity index (χ0) is 20.7. The van der Waals surface area contributed by atoms with Gasteiger partial charge < -0.3 is 18.9 Å². The van der Waals surface area contributed by atoms with Crippen molar-refractivity contribution in [2.24, 2.45) is 4.99 Å². The van der Waals surface area contributed by atoms with E-state index in [1.165, 1.54) is 27.2 Å². The average molecular weight is 416 g/mol. The van der Waals surface area contributed by atoms with Crippen LogP contribution in [0.2, 0.25) is 0 Å². The van der Waals surface area contributed by atoms with E-state index in [0.717, 1.165) is 25.7 Å². The standard InChI is InChI=1S/C19H29NO7S/c1-11(21)24-10-15-17(25-12(2)22)16(20-4)18(26-13(3)23)19(27-15)28-14-8-6-5-7-9-14/h14-19H,4-10H2,1-3H3/t15?,16?,17-,18?,19+/m0/s1. The van der Waals surface area contributed by atoms with E-state index in [1.807, 2.05) is 0 Å². The lowest BCUT2D eigenvalue weighted by atomic mass is 9.97. The van der Waals surface area contributed by atoms with Gasteiger partial charge in [-0.15, -0.1) is 11.8 Å². The maximum atomic E-state index is 11.7. The molecule has 9 heteroatoms. The lowest BCUT2D eigenvalue weighted by Gasteiger charge is -2.44. The van der Waals surface area contributed by atoms with Crippen LogP contribution in [-0.2, 0) is 33.3 Å². The van der Waals surface area contributed by atoms with Crippen molar-refractivity contribution >= 4 is 36.4 Å². The molecular formula is C19H29NO7S. The fourth-order valence-corrected chi connectivity index (χ4v) is 5.15. The summed E-state index contributed by atoms with van der Waals surface area (Å²) in [5.41, 5.74) is -0.519. The molecule has 2 fully saturated rings. The molecule has 0 amide bonds. The molecule has 28 heavy (non-hydrogen) atoms. The minimum atomic E-state index is -0.873. The van der Waals surface area contributed by atoms with Gasteiger partial charge in [-0.1, -0.05) is 19.3 Å². The Morgan fingerprint density at radius 1 is 1.00 bits per heavy atom. The van der Waals surface area contributed by atoms with Crippen molar-refractivity contribution < 1.29 is 33.3 Å². The van der Waals surface area contributed by atoms with Gasteiger partial charge in [0.2, 0.25) is 0 Å². The third kappa shape index (κ3) is 6.48. The van der Waals surface area contributed by atoms with Gasteiger partial charge in [0.1, 0.15) is 24.2 Å². The molecule has 5 atom stereocenters. The van der Waals surface area contributed by atoms with E-state index in [9.17, 15) is 14.4 Å². The van der Waals surface area contributed by atoms with Crippen LogP contribution in [0, 0.1) is 0 Å². The Morgan fingerprint density at radius 3 is 2.14 bits per heavy atom. The van der Waals surface area contributed by atoms with Crippen LogP contribution in [0.3, 0.4) is 0 Å². The number of carbonyl (C=O) groups is 3. The molecule has 0 aromatic heterocycles. The fraction of sp³-hybridized carbons (Fsp3) is 0.789. The number of hydrogen-bond acceptors (Lipinski definition) is 9. The monoisotopic (exact) mass is 415 g/mol. The van der Waals surface area contributed by atoms with Crippen molar-refractivity contribution in [2.75, 3.05) is 6.61 Å². The number of ether oxygens (including phenoxy) is 4. The molecule has 0 aromatic rings. The van der Waals surface area contributed by atoms with Crippen molar-refractivity contribution in [1.29, 1.82) is 0 Å². The predicted molar refractivity (Wildman–Crippen MR) is 104 cm³/mol. The molecule has 1 heterocycles. The smallest absolute Gasteiger partial charge is 0.303 e. The zero-order valence-corrected chi connectivity index (χ0v) is 17.4. The first kappa shape index (κ1) is 22.7. The highest BCUT2D eigenvalue weighted by molar-refractivity contribution is 8.00. The average Bonchev–Trinajstić information content (AvgIpc) is 2.62. The molecule has 0 spiro atoms. The van der Waals surface area contributed by atoms with Crippen LogP contribution >= 0.6 is 11.8 Å². The normalized spacial score (nSPS) is 30.9. The van der Waals surface area contributed by atoms with Crippen molar-refractivity contribution in [2.45, 2.75) is 87.9 Å². The van der Waals surface area contributed by atoms with E-state index in [-0.39, 0.29) is 6.61 Å². The highest BCUT2D eigenvalue weighted by atomic mass is 32.2. The molecule has 0 N–H and O–H groups in total. The van der Waals surface area contributed by atoms with Gasteiger partial charge in [-0.2, -0.15) is 0 Å². The number of esters is 3. The number of thioether (sulfide) groups is 1. The zero-order valence-electron chi connectivity index (χ0n) is 16.6. The number of aliphatic imine (C=N–C) groups is 1. The summed E-state index contributed by atoms with van der Waals surface area (Å²) < 4.78 is 22.2. The number of carbonyl (C=O) groups excluding carboxylic acids is 3. The van der Waals surface area contributed by atoms with Gasteiger partial charge in [-0.05, 0) is 19.6 Å². The summed E-state index contributed by atoms with van der Waals surface area (Å²) >= 11 is 1.60. The Kier molecular flexibility index (Phi) is 8.75. The summed E-state index contributed by atoms with van der Waals surface area (Å²) in [5, 5.41) is 0.377. The molecule has 158 valence electrons. The minimum Gasteiger partial charge on any atom is -0.463 e. The maximum absolute atomic E-state index is 11.7. The highest BCUT2D eigenvalue weighted by Gasteiger charge is 2.50. The highest BCUT2D eigenvalue weighted by Crippen LogP contribution is 2.39. The molecule has 2 aliphatic rings. The lowest BCUT2D eigenvalue weighted by Crippen LogP contribution is -2.59. The van der Waals surface area contributed by atoms with Gasteiger partial charge in [-0.3, -0.25) is 19.4 Å². The third-order valence-corrected chi connectivity index (χ3v) is 6.27. The van der Waals surface area contributed by atoms with E-state index in [1.54, 1.807) is 11.8 Å². The fourth-order valence-electron chi connectivity index (χ4n) is 3.59. The van der Waals surface area contributed by atoms with E-state index in [4.69, 9.17) is 18.9 Å². The molecule has 2 rings (SSSR count). The molecule has 3 unspecified atom stereocenters. The van der Waals surface area contributed by atoms with Crippen LogP contribution in [0.4, 0.5) is 0 Å². The quantitative estimate of drug-likeness (QED) is 0.355. The Bertz CT molecular complexity index is 579. The molecule has 1 aliphatic heterocycles. The SMILES string of the molecule is C=NC1C(OC(C)=O)[C@@H](SC2CCCCC2)OC(COC(C)=O)[C@@H]1OC(C)=O. The molecule has 1 saturated carbocycles. The molecule has 1 aliphatic carbocycles. The molecule has 0 radical (unpaired) electrons. The third-order valence-electron chi connectivity index (χ3n) is 4.76. The van der Waals surface area contributed by atoms with Crippen molar-refractivity contribution in [3.05, 3.63) is 0 Å². The van der Waals surface area contributed by atoms with E-state index < -0.39 is 47.7 Å². The summed E-state index contributed by atoms with van der Waals surface area (Å²) in [5.74, 6) is -1.47. The van der Waals surface area contributed by atoms with Gasteiger partial charge in [0.25, 0.3) is 0 Å².